The van der Waals surface area contributed by atoms with Crippen LogP contribution in [0.3, 0.4) is 0 Å². The molecular formula is C11H24N2O2S4. The van der Waals surface area contributed by atoms with E-state index >= 15 is 0 Å². The first kappa shape index (κ1) is 21.8. The molecule has 0 aromatic rings. The number of carbonyl (C=O) groups is 2. The number of hydrogen-bond donors (Lipinski definition) is 2. The molecule has 0 aliphatic rings. The number of unbranched alkanes of at least 4 members (excludes halogenated alkanes) is 1. The Morgan fingerprint density at radius 1 is 1.21 bits per heavy atom. The zero-order chi connectivity index (χ0) is 14.8. The van der Waals surface area contributed by atoms with Crippen molar-refractivity contribution in [3.05, 3.63) is 0 Å². The summed E-state index contributed by atoms with van der Waals surface area (Å²) >= 11 is 0. The zero-order valence-electron chi connectivity index (χ0n) is 11.6. The van der Waals surface area contributed by atoms with Gasteiger partial charge in [-0.25, -0.2) is 0 Å². The third kappa shape index (κ3) is 24.0. The SMILES string of the molecule is CSSCCN.CSSCCNC(=O)CCCC=O. The molecule has 0 aromatic heterocycles. The lowest BCUT2D eigenvalue weighted by molar-refractivity contribution is -0.121. The molecule has 0 saturated carbocycles. The average Bonchev–Trinajstić information content (AvgIpc) is 2.42. The third-order valence-corrected chi connectivity index (χ3v) is 5.33. The summed E-state index contributed by atoms with van der Waals surface area (Å²) in [5.41, 5.74) is 5.18. The van der Waals surface area contributed by atoms with Crippen molar-refractivity contribution >= 4 is 55.4 Å². The van der Waals surface area contributed by atoms with Gasteiger partial charge in [0.05, 0.1) is 0 Å². The highest BCUT2D eigenvalue weighted by Gasteiger charge is 1.98. The van der Waals surface area contributed by atoms with Crippen molar-refractivity contribution in [2.75, 3.05) is 37.1 Å². The van der Waals surface area contributed by atoms with Crippen LogP contribution in [0.15, 0.2) is 0 Å². The summed E-state index contributed by atoms with van der Waals surface area (Å²) in [6, 6.07) is 0. The molecular weight excluding hydrogens is 320 g/mol. The standard InChI is InChI=1S/C8H15NO2S2.C3H9NS2/c1-12-13-7-5-9-8(11)4-2-3-6-10;1-5-6-3-2-4/h6H,2-5,7H2,1H3,(H,9,11);2-4H2,1H3. The van der Waals surface area contributed by atoms with Gasteiger partial charge in [-0.3, -0.25) is 4.79 Å². The van der Waals surface area contributed by atoms with E-state index in [0.717, 1.165) is 24.3 Å². The van der Waals surface area contributed by atoms with Crippen molar-refractivity contribution in [3.63, 3.8) is 0 Å². The molecule has 0 aliphatic carbocycles. The summed E-state index contributed by atoms with van der Waals surface area (Å²) in [4.78, 5) is 21.0. The molecule has 1 amide bonds. The van der Waals surface area contributed by atoms with Crippen LogP contribution in [-0.2, 0) is 9.59 Å². The van der Waals surface area contributed by atoms with Gasteiger partial charge in [-0.1, -0.05) is 43.2 Å². The Hall–Kier alpha value is 0.500. The number of amides is 1. The predicted octanol–water partition coefficient (Wildman–Crippen LogP) is 2.44. The quantitative estimate of drug-likeness (QED) is 0.339. The van der Waals surface area contributed by atoms with Crippen LogP contribution < -0.4 is 11.1 Å². The van der Waals surface area contributed by atoms with Crippen LogP contribution >= 0.6 is 43.2 Å². The number of nitrogens with two attached hydrogens (primary N) is 1. The number of aldehydes is 1. The second-order valence-corrected chi connectivity index (χ2v) is 8.54. The first-order valence-electron chi connectivity index (χ1n) is 5.94. The van der Waals surface area contributed by atoms with Crippen molar-refractivity contribution in [2.45, 2.75) is 19.3 Å². The molecule has 8 heteroatoms. The second-order valence-electron chi connectivity index (χ2n) is 3.17. The number of rotatable bonds is 11. The van der Waals surface area contributed by atoms with Gasteiger partial charge in [0.2, 0.25) is 5.91 Å². The maximum Gasteiger partial charge on any atom is 0.220 e. The van der Waals surface area contributed by atoms with Crippen LogP contribution in [0.25, 0.3) is 0 Å². The minimum absolute atomic E-state index is 0.0450. The lowest BCUT2D eigenvalue weighted by Gasteiger charge is -2.02. The molecule has 0 aromatic carbocycles. The van der Waals surface area contributed by atoms with Gasteiger partial charge in [-0.15, -0.1) is 0 Å². The van der Waals surface area contributed by atoms with Gasteiger partial charge in [0.25, 0.3) is 0 Å². The highest BCUT2D eigenvalue weighted by Crippen LogP contribution is 2.15. The van der Waals surface area contributed by atoms with Gasteiger partial charge in [-0.05, 0) is 18.9 Å². The summed E-state index contributed by atoms with van der Waals surface area (Å²) in [5.74, 6) is 2.05. The molecule has 0 radical (unpaired) electrons. The van der Waals surface area contributed by atoms with E-state index in [0.29, 0.717) is 25.8 Å². The predicted molar refractivity (Wildman–Crippen MR) is 93.9 cm³/mol. The molecule has 0 fully saturated rings. The van der Waals surface area contributed by atoms with E-state index in [1.54, 1.807) is 43.2 Å². The van der Waals surface area contributed by atoms with Crippen molar-refractivity contribution in [3.8, 4) is 0 Å². The first-order chi connectivity index (χ1) is 9.22. The van der Waals surface area contributed by atoms with E-state index in [-0.39, 0.29) is 5.91 Å². The second kappa shape index (κ2) is 20.8. The maximum absolute atomic E-state index is 11.0. The Morgan fingerprint density at radius 3 is 2.32 bits per heavy atom. The Labute approximate surface area is 132 Å². The molecule has 0 saturated heterocycles. The summed E-state index contributed by atoms with van der Waals surface area (Å²) < 4.78 is 0. The summed E-state index contributed by atoms with van der Waals surface area (Å²) in [6.45, 7) is 1.51. The Balaban J connectivity index is 0. The molecule has 0 atom stereocenters. The normalized spacial score (nSPS) is 9.42. The van der Waals surface area contributed by atoms with Crippen molar-refractivity contribution in [2.24, 2.45) is 5.73 Å². The van der Waals surface area contributed by atoms with E-state index in [2.05, 4.69) is 11.6 Å². The highest BCUT2D eigenvalue weighted by atomic mass is 33.1. The van der Waals surface area contributed by atoms with Crippen molar-refractivity contribution in [1.82, 2.24) is 5.32 Å². The molecule has 3 N–H and O–H groups in total. The van der Waals surface area contributed by atoms with Gasteiger partial charge >= 0.3 is 0 Å². The summed E-state index contributed by atoms with van der Waals surface area (Å²) in [6.07, 6.45) is 6.51. The fourth-order valence-electron chi connectivity index (χ4n) is 0.881. The molecule has 0 heterocycles. The average molecular weight is 345 g/mol. The van der Waals surface area contributed by atoms with Crippen LogP contribution in [0.2, 0.25) is 0 Å². The van der Waals surface area contributed by atoms with Gasteiger partial charge < -0.3 is 15.8 Å². The lowest BCUT2D eigenvalue weighted by Crippen LogP contribution is -2.25. The largest absolute Gasteiger partial charge is 0.355 e. The lowest BCUT2D eigenvalue weighted by atomic mass is 10.2. The zero-order valence-corrected chi connectivity index (χ0v) is 14.8. The van der Waals surface area contributed by atoms with E-state index < -0.39 is 0 Å². The van der Waals surface area contributed by atoms with Crippen LogP contribution in [0.1, 0.15) is 19.3 Å². The molecule has 0 bridgehead atoms. The van der Waals surface area contributed by atoms with Gasteiger partial charge in [0.15, 0.2) is 0 Å². The minimum Gasteiger partial charge on any atom is -0.355 e. The smallest absolute Gasteiger partial charge is 0.220 e. The Bertz CT molecular complexity index is 205. The van der Waals surface area contributed by atoms with E-state index in [4.69, 9.17) is 5.73 Å². The number of nitrogens with one attached hydrogen (secondary N) is 1. The molecule has 114 valence electrons. The number of carbonyl (C=O) groups excluding carboxylic acids is 2. The molecule has 19 heavy (non-hydrogen) atoms. The summed E-state index contributed by atoms with van der Waals surface area (Å²) in [5, 5.41) is 2.79. The first-order valence-corrected chi connectivity index (χ1v) is 11.4. The van der Waals surface area contributed by atoms with E-state index in [1.165, 1.54) is 0 Å². The number of hydrogen-bond acceptors (Lipinski definition) is 7. The molecule has 0 rings (SSSR count). The van der Waals surface area contributed by atoms with Crippen LogP contribution in [0.4, 0.5) is 0 Å². The van der Waals surface area contributed by atoms with Gasteiger partial charge in [0, 0.05) is 37.4 Å². The van der Waals surface area contributed by atoms with Crippen molar-refractivity contribution < 1.29 is 9.59 Å². The van der Waals surface area contributed by atoms with E-state index in [1.807, 2.05) is 6.26 Å². The molecule has 0 spiro atoms. The molecule has 4 nitrogen and oxygen atoms in total. The maximum atomic E-state index is 11.0. The minimum atomic E-state index is 0.0450. The molecule has 0 aliphatic heterocycles. The fourth-order valence-corrected chi connectivity index (χ4v) is 3.03. The van der Waals surface area contributed by atoms with Crippen LogP contribution in [0.5, 0.6) is 0 Å². The topological polar surface area (TPSA) is 72.2 Å². The van der Waals surface area contributed by atoms with E-state index in [9.17, 15) is 9.59 Å². The summed E-state index contributed by atoms with van der Waals surface area (Å²) in [7, 11) is 6.98. The fraction of sp³-hybridized carbons (Fsp3) is 0.818. The Morgan fingerprint density at radius 2 is 1.84 bits per heavy atom. The van der Waals surface area contributed by atoms with Gasteiger partial charge in [0.1, 0.15) is 6.29 Å². The van der Waals surface area contributed by atoms with Gasteiger partial charge in [-0.2, -0.15) is 0 Å². The third-order valence-electron chi connectivity index (χ3n) is 1.67. The molecule has 0 unspecified atom stereocenters. The van der Waals surface area contributed by atoms with Crippen molar-refractivity contribution in [1.29, 1.82) is 0 Å². The monoisotopic (exact) mass is 344 g/mol. The van der Waals surface area contributed by atoms with Crippen LogP contribution in [-0.4, -0.2) is 49.3 Å². The Kier molecular flexibility index (Phi) is 23.9. The van der Waals surface area contributed by atoms with Crippen LogP contribution in [0, 0.1) is 0 Å². The highest BCUT2D eigenvalue weighted by molar-refractivity contribution is 8.76.